The number of para-hydroxylation sites is 1. The van der Waals surface area contributed by atoms with E-state index >= 15 is 0 Å². The van der Waals surface area contributed by atoms with Crippen LogP contribution in [0.3, 0.4) is 0 Å². The monoisotopic (exact) mass is 275 g/mol. The van der Waals surface area contributed by atoms with Crippen LogP contribution in [0, 0.1) is 6.92 Å². The molecule has 0 aliphatic carbocycles. The number of nitrogens with zero attached hydrogens (tertiary/aromatic N) is 3. The Kier molecular flexibility index (Phi) is 3.65. The summed E-state index contributed by atoms with van der Waals surface area (Å²) in [6, 6.07) is 14.1. The van der Waals surface area contributed by atoms with E-state index in [9.17, 15) is 0 Å². The highest BCUT2D eigenvalue weighted by Gasteiger charge is 1.98. The van der Waals surface area contributed by atoms with Crippen molar-refractivity contribution in [1.29, 1.82) is 0 Å². The Morgan fingerprint density at radius 1 is 1.14 bits per heavy atom. The minimum absolute atomic E-state index is 0.950. The van der Waals surface area contributed by atoms with E-state index in [2.05, 4.69) is 27.4 Å². The van der Waals surface area contributed by atoms with Gasteiger partial charge in [-0.3, -0.25) is 4.99 Å². The lowest BCUT2D eigenvalue weighted by Crippen LogP contribution is -1.88. The second kappa shape index (κ2) is 5.75. The third-order valence-corrected chi connectivity index (χ3v) is 3.35. The van der Waals surface area contributed by atoms with E-state index in [1.54, 1.807) is 0 Å². The molecule has 3 nitrogen and oxygen atoms in total. The Balaban J connectivity index is 1.87. The molecule has 104 valence electrons. The fourth-order valence-electron chi connectivity index (χ4n) is 2.20. The van der Waals surface area contributed by atoms with Gasteiger partial charge in [0.15, 0.2) is 0 Å². The van der Waals surface area contributed by atoms with Gasteiger partial charge < -0.3 is 4.40 Å². The van der Waals surface area contributed by atoms with Crippen LogP contribution in [0.1, 0.15) is 18.2 Å². The SMILES string of the molecule is CC(/C=C/c1cnc2ccccn12)=Nc1ccccc1C. The first kappa shape index (κ1) is 13.3. The van der Waals surface area contributed by atoms with Gasteiger partial charge in [-0.05, 0) is 49.8 Å². The molecule has 3 heteroatoms. The number of allylic oxidation sites excluding steroid dienone is 1. The lowest BCUT2D eigenvalue weighted by atomic mass is 10.2. The molecular formula is C18H17N3. The summed E-state index contributed by atoms with van der Waals surface area (Å²) in [5.74, 6) is 0. The molecule has 21 heavy (non-hydrogen) atoms. The van der Waals surface area contributed by atoms with Gasteiger partial charge in [0, 0.05) is 11.9 Å². The predicted octanol–water partition coefficient (Wildman–Crippen LogP) is 4.45. The molecule has 3 aromatic rings. The molecule has 1 aromatic carbocycles. The maximum Gasteiger partial charge on any atom is 0.137 e. The number of aryl methyl sites for hydroxylation is 1. The molecule has 2 aromatic heterocycles. The Bertz CT molecular complexity index is 825. The summed E-state index contributed by atoms with van der Waals surface area (Å²) in [5.41, 5.74) is 5.16. The van der Waals surface area contributed by atoms with Gasteiger partial charge in [-0.1, -0.05) is 24.3 Å². The third-order valence-electron chi connectivity index (χ3n) is 3.35. The largest absolute Gasteiger partial charge is 0.300 e. The molecule has 0 saturated carbocycles. The maximum atomic E-state index is 4.64. The van der Waals surface area contributed by atoms with Crippen LogP contribution in [0.4, 0.5) is 5.69 Å². The first-order valence-corrected chi connectivity index (χ1v) is 6.95. The first-order chi connectivity index (χ1) is 10.2. The molecule has 0 bridgehead atoms. The fraction of sp³-hybridized carbons (Fsp3) is 0.111. The molecular weight excluding hydrogens is 258 g/mol. The second-order valence-electron chi connectivity index (χ2n) is 4.98. The summed E-state index contributed by atoms with van der Waals surface area (Å²) in [5, 5.41) is 0. The Morgan fingerprint density at radius 3 is 2.81 bits per heavy atom. The van der Waals surface area contributed by atoms with Crippen LogP contribution in [0.25, 0.3) is 11.7 Å². The number of hydrogen-bond donors (Lipinski definition) is 0. The lowest BCUT2D eigenvalue weighted by Gasteiger charge is -2.00. The van der Waals surface area contributed by atoms with Crippen LogP contribution in [-0.2, 0) is 0 Å². The quantitative estimate of drug-likeness (QED) is 0.649. The zero-order chi connectivity index (χ0) is 14.7. The summed E-state index contributed by atoms with van der Waals surface area (Å²) in [6.07, 6.45) is 7.93. The number of hydrogen-bond acceptors (Lipinski definition) is 2. The average molecular weight is 275 g/mol. The van der Waals surface area contributed by atoms with E-state index < -0.39 is 0 Å². The van der Waals surface area contributed by atoms with Crippen LogP contribution >= 0.6 is 0 Å². The van der Waals surface area contributed by atoms with Crippen molar-refractivity contribution in [1.82, 2.24) is 9.38 Å². The molecule has 0 amide bonds. The molecule has 0 atom stereocenters. The molecule has 0 N–H and O–H groups in total. The fourth-order valence-corrected chi connectivity index (χ4v) is 2.20. The number of benzene rings is 1. The molecule has 0 unspecified atom stereocenters. The van der Waals surface area contributed by atoms with Crippen molar-refractivity contribution in [3.05, 3.63) is 72.2 Å². The van der Waals surface area contributed by atoms with Crippen LogP contribution < -0.4 is 0 Å². The summed E-state index contributed by atoms with van der Waals surface area (Å²) in [6.45, 7) is 4.08. The first-order valence-electron chi connectivity index (χ1n) is 6.95. The van der Waals surface area contributed by atoms with Gasteiger partial charge in [-0.25, -0.2) is 4.98 Å². The average Bonchev–Trinajstić information content (AvgIpc) is 2.91. The smallest absolute Gasteiger partial charge is 0.137 e. The van der Waals surface area contributed by atoms with Crippen LogP contribution in [0.2, 0.25) is 0 Å². The van der Waals surface area contributed by atoms with Crippen molar-refractivity contribution in [2.24, 2.45) is 4.99 Å². The topological polar surface area (TPSA) is 29.7 Å². The molecule has 0 fully saturated rings. The lowest BCUT2D eigenvalue weighted by molar-refractivity contribution is 1.17. The minimum Gasteiger partial charge on any atom is -0.300 e. The van der Waals surface area contributed by atoms with Gasteiger partial charge in [-0.15, -0.1) is 0 Å². The third kappa shape index (κ3) is 2.92. The van der Waals surface area contributed by atoms with E-state index in [0.717, 1.165) is 22.7 Å². The molecule has 2 heterocycles. The van der Waals surface area contributed by atoms with Gasteiger partial charge in [0.1, 0.15) is 5.65 Å². The Hall–Kier alpha value is -2.68. The molecule has 0 spiro atoms. The Morgan fingerprint density at radius 2 is 1.95 bits per heavy atom. The number of pyridine rings is 1. The standard InChI is InChI=1S/C18H17N3/c1-14-7-3-4-8-17(14)20-15(2)10-11-16-13-19-18-9-5-6-12-21(16)18/h3-13H,1-2H3/b11-10+,20-15?. The number of rotatable bonds is 3. The van der Waals surface area contributed by atoms with Crippen LogP contribution in [0.5, 0.6) is 0 Å². The highest BCUT2D eigenvalue weighted by atomic mass is 15.0. The number of aromatic nitrogens is 2. The van der Waals surface area contributed by atoms with Crippen molar-refractivity contribution in [3.63, 3.8) is 0 Å². The summed E-state index contributed by atoms with van der Waals surface area (Å²) in [7, 11) is 0. The summed E-state index contributed by atoms with van der Waals surface area (Å²) in [4.78, 5) is 9.00. The highest BCUT2D eigenvalue weighted by Crippen LogP contribution is 2.17. The number of fused-ring (bicyclic) bond motifs is 1. The number of aliphatic imine (C=N–C) groups is 1. The molecule has 0 saturated heterocycles. The van der Waals surface area contributed by atoms with Crippen molar-refractivity contribution in [2.45, 2.75) is 13.8 Å². The highest BCUT2D eigenvalue weighted by molar-refractivity contribution is 5.98. The van der Waals surface area contributed by atoms with Gasteiger partial charge in [0.2, 0.25) is 0 Å². The van der Waals surface area contributed by atoms with E-state index in [1.807, 2.05) is 67.9 Å². The normalized spacial score (nSPS) is 12.4. The summed E-state index contributed by atoms with van der Waals surface area (Å²) >= 11 is 0. The van der Waals surface area contributed by atoms with Gasteiger partial charge in [-0.2, -0.15) is 0 Å². The van der Waals surface area contributed by atoms with Crippen molar-refractivity contribution in [3.8, 4) is 0 Å². The van der Waals surface area contributed by atoms with E-state index in [0.29, 0.717) is 0 Å². The minimum atomic E-state index is 0.950. The zero-order valence-corrected chi connectivity index (χ0v) is 12.2. The van der Waals surface area contributed by atoms with E-state index in [1.165, 1.54) is 5.56 Å². The predicted molar refractivity (Wildman–Crippen MR) is 88.2 cm³/mol. The van der Waals surface area contributed by atoms with Crippen molar-refractivity contribution in [2.75, 3.05) is 0 Å². The van der Waals surface area contributed by atoms with Crippen molar-refractivity contribution >= 4 is 23.1 Å². The van der Waals surface area contributed by atoms with Crippen LogP contribution in [-0.4, -0.2) is 15.1 Å². The Labute approximate surface area is 124 Å². The van der Waals surface area contributed by atoms with Crippen molar-refractivity contribution < 1.29 is 0 Å². The van der Waals surface area contributed by atoms with Gasteiger partial charge in [0.25, 0.3) is 0 Å². The maximum absolute atomic E-state index is 4.64. The van der Waals surface area contributed by atoms with E-state index in [4.69, 9.17) is 0 Å². The van der Waals surface area contributed by atoms with E-state index in [-0.39, 0.29) is 0 Å². The van der Waals surface area contributed by atoms with Gasteiger partial charge >= 0.3 is 0 Å². The van der Waals surface area contributed by atoms with Gasteiger partial charge in [0.05, 0.1) is 17.6 Å². The number of imidazole rings is 1. The van der Waals surface area contributed by atoms with Crippen LogP contribution in [0.15, 0.2) is 65.9 Å². The molecule has 0 aliphatic rings. The molecule has 0 aliphatic heterocycles. The zero-order valence-electron chi connectivity index (χ0n) is 12.2. The molecule has 0 radical (unpaired) electrons. The second-order valence-corrected chi connectivity index (χ2v) is 4.98. The molecule has 3 rings (SSSR count). The summed E-state index contributed by atoms with van der Waals surface area (Å²) < 4.78 is 2.05.